The number of hydrogen-bond donors (Lipinski definition) is 0. The van der Waals surface area contributed by atoms with Crippen molar-refractivity contribution in [3.63, 3.8) is 0 Å². The zero-order chi connectivity index (χ0) is 13.9. The van der Waals surface area contributed by atoms with Crippen LogP contribution in [0.1, 0.15) is 28.1 Å². The van der Waals surface area contributed by atoms with Gasteiger partial charge in [-0.25, -0.2) is 0 Å². The van der Waals surface area contributed by atoms with Crippen LogP contribution in [0.15, 0.2) is 46.3 Å². The van der Waals surface area contributed by atoms with E-state index in [0.717, 1.165) is 16.6 Å². The van der Waals surface area contributed by atoms with E-state index in [4.69, 9.17) is 0 Å². The van der Waals surface area contributed by atoms with Crippen LogP contribution in [0.4, 0.5) is 0 Å². The van der Waals surface area contributed by atoms with E-state index >= 15 is 0 Å². The van der Waals surface area contributed by atoms with E-state index < -0.39 is 0 Å². The van der Waals surface area contributed by atoms with Crippen molar-refractivity contribution in [3.8, 4) is 0 Å². The van der Waals surface area contributed by atoms with Gasteiger partial charge in [0.2, 0.25) is 0 Å². The van der Waals surface area contributed by atoms with Crippen LogP contribution in [0.25, 0.3) is 0 Å². The molecule has 1 aromatic carbocycles. The summed E-state index contributed by atoms with van der Waals surface area (Å²) in [5, 5.41) is 2.09. The molecule has 0 atom stereocenters. The number of carbonyl (C=O) groups is 1. The highest BCUT2D eigenvalue weighted by Crippen LogP contribution is 2.29. The Hall–Kier alpha value is -0.970. The molecule has 2 nitrogen and oxygen atoms in total. The molecule has 1 aromatic heterocycles. The zero-order valence-electron chi connectivity index (χ0n) is 11.1. The summed E-state index contributed by atoms with van der Waals surface area (Å²) < 4.78 is 0.958. The molecule has 0 amide bonds. The Labute approximate surface area is 131 Å². The Morgan fingerprint density at radius 1 is 1.30 bits per heavy atom. The van der Waals surface area contributed by atoms with Crippen LogP contribution in [0.2, 0.25) is 0 Å². The second kappa shape index (κ2) is 6.20. The van der Waals surface area contributed by atoms with Gasteiger partial charge in [0.1, 0.15) is 0 Å². The molecule has 4 heteroatoms. The van der Waals surface area contributed by atoms with Gasteiger partial charge < -0.3 is 0 Å². The molecule has 0 radical (unpaired) electrons. The molecule has 1 fully saturated rings. The number of carbonyl (C=O) groups excluding carboxylic acids is 1. The van der Waals surface area contributed by atoms with E-state index in [-0.39, 0.29) is 5.78 Å². The third-order valence-electron chi connectivity index (χ3n) is 3.50. The van der Waals surface area contributed by atoms with Gasteiger partial charge in [0.15, 0.2) is 5.78 Å². The lowest BCUT2D eigenvalue weighted by Crippen LogP contribution is -2.31. The van der Waals surface area contributed by atoms with Crippen molar-refractivity contribution in [2.75, 3.05) is 6.54 Å². The van der Waals surface area contributed by atoms with Gasteiger partial charge in [-0.05, 0) is 36.4 Å². The molecular formula is C16H16BrNOS. The highest BCUT2D eigenvalue weighted by molar-refractivity contribution is 9.10. The van der Waals surface area contributed by atoms with Crippen LogP contribution >= 0.6 is 27.3 Å². The highest BCUT2D eigenvalue weighted by Gasteiger charge is 2.30. The fourth-order valence-electron chi connectivity index (χ4n) is 2.29. The molecule has 0 bridgehead atoms. The van der Waals surface area contributed by atoms with Gasteiger partial charge in [0.05, 0.1) is 6.54 Å². The fourth-order valence-corrected chi connectivity index (χ4v) is 3.42. The number of Topliss-reactive ketones (excluding diaryl/α,β-unsaturated/α-hetero) is 1. The first-order valence-electron chi connectivity index (χ1n) is 6.77. The molecule has 20 heavy (non-hydrogen) atoms. The number of ketones is 1. The Kier molecular flexibility index (Phi) is 4.34. The molecule has 0 unspecified atom stereocenters. The lowest BCUT2D eigenvalue weighted by molar-refractivity contribution is 0.0920. The number of hydrogen-bond acceptors (Lipinski definition) is 3. The van der Waals surface area contributed by atoms with Crippen LogP contribution in [0.3, 0.4) is 0 Å². The summed E-state index contributed by atoms with van der Waals surface area (Å²) in [5.41, 5.74) is 0.788. The van der Waals surface area contributed by atoms with E-state index in [2.05, 4.69) is 38.3 Å². The standard InChI is InChI=1S/C16H16BrNOS/c17-13-4-1-3-12(9-13)16(19)11-18(14-6-7-14)10-15-5-2-8-20-15/h1-5,8-9,14H,6-7,10-11H2. The molecular weight excluding hydrogens is 334 g/mol. The van der Waals surface area contributed by atoms with Gasteiger partial charge >= 0.3 is 0 Å². The third kappa shape index (κ3) is 3.57. The number of benzene rings is 1. The van der Waals surface area contributed by atoms with Crippen molar-refractivity contribution >= 4 is 33.0 Å². The lowest BCUT2D eigenvalue weighted by atomic mass is 10.1. The predicted octanol–water partition coefficient (Wildman–Crippen LogP) is 4.36. The van der Waals surface area contributed by atoms with Gasteiger partial charge in [-0.15, -0.1) is 11.3 Å². The summed E-state index contributed by atoms with van der Waals surface area (Å²) in [6, 6.07) is 12.5. The quantitative estimate of drug-likeness (QED) is 0.722. The van der Waals surface area contributed by atoms with Crippen molar-refractivity contribution in [2.24, 2.45) is 0 Å². The maximum atomic E-state index is 12.4. The average Bonchev–Trinajstić information content (AvgIpc) is 3.16. The summed E-state index contributed by atoms with van der Waals surface area (Å²) in [6.45, 7) is 1.40. The van der Waals surface area contributed by atoms with Crippen LogP contribution in [-0.4, -0.2) is 23.3 Å². The number of halogens is 1. The molecule has 1 saturated carbocycles. The maximum Gasteiger partial charge on any atom is 0.176 e. The van der Waals surface area contributed by atoms with Crippen LogP contribution in [0, 0.1) is 0 Å². The average molecular weight is 350 g/mol. The molecule has 1 aliphatic rings. The predicted molar refractivity (Wildman–Crippen MR) is 86.2 cm³/mol. The molecule has 0 aliphatic heterocycles. The van der Waals surface area contributed by atoms with E-state index in [1.807, 2.05) is 24.3 Å². The van der Waals surface area contributed by atoms with E-state index in [1.165, 1.54) is 17.7 Å². The second-order valence-corrected chi connectivity index (χ2v) is 7.10. The van der Waals surface area contributed by atoms with Crippen LogP contribution < -0.4 is 0 Å². The molecule has 104 valence electrons. The van der Waals surface area contributed by atoms with Crippen molar-refractivity contribution in [1.82, 2.24) is 4.90 Å². The van der Waals surface area contributed by atoms with Crippen LogP contribution in [-0.2, 0) is 6.54 Å². The third-order valence-corrected chi connectivity index (χ3v) is 4.85. The Bertz CT molecular complexity index is 592. The van der Waals surface area contributed by atoms with Crippen molar-refractivity contribution in [1.29, 1.82) is 0 Å². The van der Waals surface area contributed by atoms with Gasteiger partial charge in [0.25, 0.3) is 0 Å². The second-order valence-electron chi connectivity index (χ2n) is 5.15. The van der Waals surface area contributed by atoms with Gasteiger partial charge in [-0.1, -0.05) is 34.1 Å². The van der Waals surface area contributed by atoms with E-state index in [0.29, 0.717) is 12.6 Å². The Morgan fingerprint density at radius 2 is 2.15 bits per heavy atom. The normalized spacial score (nSPS) is 14.7. The van der Waals surface area contributed by atoms with Gasteiger partial charge in [0, 0.05) is 27.5 Å². The summed E-state index contributed by atoms with van der Waals surface area (Å²) >= 11 is 5.18. The Balaban J connectivity index is 1.68. The van der Waals surface area contributed by atoms with Crippen LogP contribution in [0.5, 0.6) is 0 Å². The van der Waals surface area contributed by atoms with Gasteiger partial charge in [-0.2, -0.15) is 0 Å². The molecule has 0 spiro atoms. The van der Waals surface area contributed by atoms with Crippen molar-refractivity contribution in [2.45, 2.75) is 25.4 Å². The lowest BCUT2D eigenvalue weighted by Gasteiger charge is -2.20. The zero-order valence-corrected chi connectivity index (χ0v) is 13.5. The maximum absolute atomic E-state index is 12.4. The first-order valence-corrected chi connectivity index (χ1v) is 8.45. The monoisotopic (exact) mass is 349 g/mol. The number of nitrogens with zero attached hydrogens (tertiary/aromatic N) is 1. The van der Waals surface area contributed by atoms with E-state index in [9.17, 15) is 4.79 Å². The molecule has 0 saturated heterocycles. The minimum absolute atomic E-state index is 0.203. The topological polar surface area (TPSA) is 20.3 Å². The first-order chi connectivity index (χ1) is 9.72. The number of rotatable bonds is 6. The smallest absolute Gasteiger partial charge is 0.176 e. The van der Waals surface area contributed by atoms with Crippen molar-refractivity contribution in [3.05, 3.63) is 56.7 Å². The minimum atomic E-state index is 0.203. The number of thiophene rings is 1. The largest absolute Gasteiger partial charge is 0.293 e. The molecule has 3 rings (SSSR count). The summed E-state index contributed by atoms with van der Waals surface area (Å²) in [6.07, 6.45) is 2.44. The first kappa shape index (κ1) is 14.0. The van der Waals surface area contributed by atoms with E-state index in [1.54, 1.807) is 11.3 Å². The molecule has 2 aromatic rings. The summed E-state index contributed by atoms with van der Waals surface area (Å²) in [4.78, 5) is 16.1. The minimum Gasteiger partial charge on any atom is -0.293 e. The molecule has 0 N–H and O–H groups in total. The molecule has 1 heterocycles. The van der Waals surface area contributed by atoms with Crippen molar-refractivity contribution < 1.29 is 4.79 Å². The SMILES string of the molecule is O=C(CN(Cc1cccs1)C1CC1)c1cccc(Br)c1. The summed E-state index contributed by atoms with van der Waals surface area (Å²) in [7, 11) is 0. The summed E-state index contributed by atoms with van der Waals surface area (Å²) in [5.74, 6) is 0.203. The van der Waals surface area contributed by atoms with Gasteiger partial charge in [-0.3, -0.25) is 9.69 Å². The highest BCUT2D eigenvalue weighted by atomic mass is 79.9. The Morgan fingerprint density at radius 3 is 2.80 bits per heavy atom. The fraction of sp³-hybridized carbons (Fsp3) is 0.312. The molecule has 1 aliphatic carbocycles.